The third-order valence-corrected chi connectivity index (χ3v) is 3.54. The Kier molecular flexibility index (Phi) is 4.87. The minimum absolute atomic E-state index is 0.0989. The number of carbonyl (C=O) groups excluding carboxylic acids is 1. The highest BCUT2D eigenvalue weighted by Crippen LogP contribution is 2.37. The van der Waals surface area contributed by atoms with Crippen molar-refractivity contribution in [1.82, 2.24) is 4.98 Å². The molecule has 0 saturated heterocycles. The monoisotopic (exact) mass is 335 g/mol. The maximum Gasteiger partial charge on any atom is 0.432 e. The zero-order chi connectivity index (χ0) is 16.3. The number of nitrogens with zero attached hydrogens (tertiary/aromatic N) is 1. The van der Waals surface area contributed by atoms with Crippen LogP contribution in [0.15, 0.2) is 21.9 Å². The topological polar surface area (TPSA) is 61.6 Å². The highest BCUT2D eigenvalue weighted by Gasteiger charge is 2.46. The molecule has 0 aliphatic rings. The number of methoxy groups -OCH3 is 1. The smallest absolute Gasteiger partial charge is 0.432 e. The molecule has 1 atom stereocenters. The van der Waals surface area contributed by atoms with Gasteiger partial charge in [-0.2, -0.15) is 13.2 Å². The van der Waals surface area contributed by atoms with E-state index in [9.17, 15) is 18.0 Å². The average molecular weight is 335 g/mol. The molecule has 22 heavy (non-hydrogen) atoms. The SMILES string of the molecule is COCc1ccc(C(=O)O[C@H](c2nc(C)cs2)C(F)(F)F)o1. The largest absolute Gasteiger partial charge is 0.452 e. The van der Waals surface area contributed by atoms with E-state index in [1.165, 1.54) is 24.6 Å². The van der Waals surface area contributed by atoms with Gasteiger partial charge in [-0.15, -0.1) is 11.3 Å². The van der Waals surface area contributed by atoms with Crippen molar-refractivity contribution in [2.45, 2.75) is 25.8 Å². The van der Waals surface area contributed by atoms with Crippen molar-refractivity contribution in [2.75, 3.05) is 7.11 Å². The zero-order valence-electron chi connectivity index (χ0n) is 11.6. The van der Waals surface area contributed by atoms with Gasteiger partial charge in [0, 0.05) is 18.2 Å². The maximum atomic E-state index is 13.1. The molecule has 5 nitrogen and oxygen atoms in total. The van der Waals surface area contributed by atoms with Gasteiger partial charge in [-0.3, -0.25) is 0 Å². The summed E-state index contributed by atoms with van der Waals surface area (Å²) < 4.78 is 53.6. The summed E-state index contributed by atoms with van der Waals surface area (Å²) in [7, 11) is 1.42. The molecule has 0 bridgehead atoms. The number of halogens is 3. The number of esters is 1. The number of hydrogen-bond acceptors (Lipinski definition) is 6. The molecule has 0 unspecified atom stereocenters. The Hall–Kier alpha value is -1.87. The third-order valence-electron chi connectivity index (χ3n) is 2.53. The summed E-state index contributed by atoms with van der Waals surface area (Å²) in [5.41, 5.74) is 0.422. The summed E-state index contributed by atoms with van der Waals surface area (Å²) >= 11 is 0.776. The van der Waals surface area contributed by atoms with Crippen LogP contribution < -0.4 is 0 Å². The highest BCUT2D eigenvalue weighted by molar-refractivity contribution is 7.09. The molecule has 0 fully saturated rings. The number of ether oxygens (including phenoxy) is 2. The number of alkyl halides is 3. The summed E-state index contributed by atoms with van der Waals surface area (Å²) in [5.74, 6) is -1.23. The summed E-state index contributed by atoms with van der Waals surface area (Å²) in [6, 6.07) is 2.66. The van der Waals surface area contributed by atoms with Crippen LogP contribution >= 0.6 is 11.3 Å². The van der Waals surface area contributed by atoms with E-state index >= 15 is 0 Å². The van der Waals surface area contributed by atoms with Crippen LogP contribution in [-0.4, -0.2) is 24.2 Å². The lowest BCUT2D eigenvalue weighted by Crippen LogP contribution is -2.26. The van der Waals surface area contributed by atoms with Crippen molar-refractivity contribution in [1.29, 1.82) is 0 Å². The van der Waals surface area contributed by atoms with Crippen LogP contribution in [0.1, 0.15) is 33.1 Å². The average Bonchev–Trinajstić information content (AvgIpc) is 3.04. The lowest BCUT2D eigenvalue weighted by atomic mass is 10.3. The number of furan rings is 1. The van der Waals surface area contributed by atoms with Gasteiger partial charge in [-0.05, 0) is 19.1 Å². The van der Waals surface area contributed by atoms with Crippen molar-refractivity contribution < 1.29 is 31.9 Å². The second kappa shape index (κ2) is 6.49. The van der Waals surface area contributed by atoms with Crippen LogP contribution in [0.5, 0.6) is 0 Å². The number of hydrogen-bond donors (Lipinski definition) is 0. The number of rotatable bonds is 5. The summed E-state index contributed by atoms with van der Waals surface area (Å²) in [6.45, 7) is 1.65. The molecule has 2 rings (SSSR count). The number of aromatic nitrogens is 1. The summed E-state index contributed by atoms with van der Waals surface area (Å²) in [6.07, 6.45) is -7.18. The van der Waals surface area contributed by atoms with Gasteiger partial charge in [-0.1, -0.05) is 0 Å². The summed E-state index contributed by atoms with van der Waals surface area (Å²) in [5, 5.41) is 1.12. The second-order valence-electron chi connectivity index (χ2n) is 4.35. The first-order valence-corrected chi connectivity index (χ1v) is 6.96. The molecular formula is C13H12F3NO4S. The Bertz CT molecular complexity index is 650. The molecule has 0 amide bonds. The molecule has 2 aromatic rings. The standard InChI is InChI=1S/C13H12F3NO4S/c1-7-6-22-11(17-7)10(13(14,15)16)21-12(18)9-4-3-8(20-9)5-19-2/h3-4,6,10H,5H2,1-2H3/t10-/m1/s1. The van der Waals surface area contributed by atoms with Crippen molar-refractivity contribution >= 4 is 17.3 Å². The van der Waals surface area contributed by atoms with Crippen LogP contribution in [0.4, 0.5) is 13.2 Å². The van der Waals surface area contributed by atoms with E-state index in [1.54, 1.807) is 6.92 Å². The molecule has 120 valence electrons. The molecule has 0 spiro atoms. The van der Waals surface area contributed by atoms with Crippen molar-refractivity contribution in [3.63, 3.8) is 0 Å². The highest BCUT2D eigenvalue weighted by atomic mass is 32.1. The van der Waals surface area contributed by atoms with Crippen LogP contribution in [0, 0.1) is 6.92 Å². The fraction of sp³-hybridized carbons (Fsp3) is 0.385. The Morgan fingerprint density at radius 2 is 2.18 bits per heavy atom. The molecule has 9 heteroatoms. The fourth-order valence-electron chi connectivity index (χ4n) is 1.62. The third kappa shape index (κ3) is 3.86. The molecule has 2 heterocycles. The van der Waals surface area contributed by atoms with Gasteiger partial charge in [0.15, 0.2) is 0 Å². The van der Waals surface area contributed by atoms with Gasteiger partial charge in [0.25, 0.3) is 0 Å². The van der Waals surface area contributed by atoms with Gasteiger partial charge in [0.05, 0.1) is 0 Å². The minimum Gasteiger partial charge on any atom is -0.452 e. The predicted molar refractivity (Wildman–Crippen MR) is 70.5 cm³/mol. The van der Waals surface area contributed by atoms with E-state index in [2.05, 4.69) is 9.72 Å². The first kappa shape index (κ1) is 16.5. The first-order chi connectivity index (χ1) is 10.3. The second-order valence-corrected chi connectivity index (χ2v) is 5.24. The number of carbonyl (C=O) groups is 1. The van der Waals surface area contributed by atoms with E-state index in [0.717, 1.165) is 11.3 Å². The fourth-order valence-corrected chi connectivity index (χ4v) is 2.47. The predicted octanol–water partition coefficient (Wildman–Crippen LogP) is 3.65. The van der Waals surface area contributed by atoms with E-state index in [0.29, 0.717) is 11.5 Å². The Balaban J connectivity index is 2.17. The van der Waals surface area contributed by atoms with Gasteiger partial charge in [-0.25, -0.2) is 9.78 Å². The number of aryl methyl sites for hydroxylation is 1. The minimum atomic E-state index is -4.76. The van der Waals surface area contributed by atoms with Crippen LogP contribution in [0.25, 0.3) is 0 Å². The quantitative estimate of drug-likeness (QED) is 0.781. The zero-order valence-corrected chi connectivity index (χ0v) is 12.5. The molecule has 0 radical (unpaired) electrons. The molecular weight excluding hydrogens is 323 g/mol. The van der Waals surface area contributed by atoms with E-state index in [-0.39, 0.29) is 17.4 Å². The van der Waals surface area contributed by atoms with Gasteiger partial charge >= 0.3 is 12.1 Å². The lowest BCUT2D eigenvalue weighted by Gasteiger charge is -2.17. The Morgan fingerprint density at radius 1 is 1.45 bits per heavy atom. The molecule has 0 saturated carbocycles. The normalized spacial score (nSPS) is 13.1. The molecule has 0 aliphatic carbocycles. The van der Waals surface area contributed by atoms with Crippen molar-refractivity contribution in [3.8, 4) is 0 Å². The first-order valence-electron chi connectivity index (χ1n) is 6.08. The summed E-state index contributed by atoms with van der Waals surface area (Å²) in [4.78, 5) is 15.5. The maximum absolute atomic E-state index is 13.1. The van der Waals surface area contributed by atoms with E-state index in [4.69, 9.17) is 9.15 Å². The Morgan fingerprint density at radius 3 is 2.73 bits per heavy atom. The van der Waals surface area contributed by atoms with Crippen LogP contribution in [-0.2, 0) is 16.1 Å². The van der Waals surface area contributed by atoms with E-state index < -0.39 is 18.2 Å². The van der Waals surface area contributed by atoms with Crippen molar-refractivity contribution in [2.24, 2.45) is 0 Å². The van der Waals surface area contributed by atoms with E-state index in [1.807, 2.05) is 0 Å². The molecule has 0 aromatic carbocycles. The number of thiazole rings is 1. The molecule has 2 aromatic heterocycles. The van der Waals surface area contributed by atoms with Gasteiger partial charge in [0.2, 0.25) is 11.9 Å². The van der Waals surface area contributed by atoms with Gasteiger partial charge in [0.1, 0.15) is 17.4 Å². The van der Waals surface area contributed by atoms with Crippen LogP contribution in [0.3, 0.4) is 0 Å². The van der Waals surface area contributed by atoms with Crippen LogP contribution in [0.2, 0.25) is 0 Å². The van der Waals surface area contributed by atoms with Gasteiger partial charge < -0.3 is 13.9 Å². The lowest BCUT2D eigenvalue weighted by molar-refractivity contribution is -0.207. The molecule has 0 aliphatic heterocycles. The Labute approximate surface area is 127 Å². The van der Waals surface area contributed by atoms with Crippen molar-refractivity contribution in [3.05, 3.63) is 39.7 Å². The molecule has 0 N–H and O–H groups in total.